The minimum Gasteiger partial charge on any atom is -0.458 e. The van der Waals surface area contributed by atoms with E-state index in [1.54, 1.807) is 0 Å². The molecular formula is C25H34F2O8S. The number of halogens is 2. The van der Waals surface area contributed by atoms with Gasteiger partial charge in [-0.05, 0) is 61.2 Å². The number of carbonyl (C=O) groups is 4. The van der Waals surface area contributed by atoms with Crippen LogP contribution in [0.2, 0.25) is 0 Å². The second-order valence-electron chi connectivity index (χ2n) is 11.6. The summed E-state index contributed by atoms with van der Waals surface area (Å²) in [5.41, 5.74) is -0.713. The van der Waals surface area contributed by atoms with E-state index in [2.05, 4.69) is 4.74 Å². The molecule has 202 valence electrons. The van der Waals surface area contributed by atoms with Crippen molar-refractivity contribution in [2.75, 3.05) is 6.61 Å². The molecule has 0 aliphatic heterocycles. The molecule has 4 saturated carbocycles. The maximum absolute atomic E-state index is 13.6. The summed E-state index contributed by atoms with van der Waals surface area (Å²) < 4.78 is 60.8. The quantitative estimate of drug-likeness (QED) is 0.388. The molecule has 4 rings (SSSR count). The van der Waals surface area contributed by atoms with E-state index in [4.69, 9.17) is 4.55 Å². The monoisotopic (exact) mass is 532 g/mol. The first-order chi connectivity index (χ1) is 16.7. The molecule has 36 heavy (non-hydrogen) atoms. The van der Waals surface area contributed by atoms with Crippen molar-refractivity contribution in [1.82, 2.24) is 0 Å². The molecule has 0 aromatic rings. The van der Waals surface area contributed by atoms with Crippen LogP contribution >= 0.6 is 0 Å². The largest absolute Gasteiger partial charge is 0.458 e. The topological polar surface area (TPSA) is 132 Å². The fraction of sp³-hybridized carbons (Fsp3) is 0.840. The summed E-state index contributed by atoms with van der Waals surface area (Å²) in [4.78, 5) is 50.9. The highest BCUT2D eigenvalue weighted by Crippen LogP contribution is 2.63. The molecule has 0 radical (unpaired) electrons. The number of carbonyl (C=O) groups excluding carboxylic acids is 4. The van der Waals surface area contributed by atoms with Gasteiger partial charge in [-0.3, -0.25) is 23.7 Å². The van der Waals surface area contributed by atoms with Crippen molar-refractivity contribution >= 4 is 33.4 Å². The molecule has 0 bridgehead atoms. The second kappa shape index (κ2) is 9.53. The number of Topliss-reactive ketones (excluding diaryl/α,β-unsaturated/α-hetero) is 3. The van der Waals surface area contributed by atoms with E-state index >= 15 is 0 Å². The highest BCUT2D eigenvalue weighted by molar-refractivity contribution is 7.86. The third-order valence-electron chi connectivity index (χ3n) is 9.75. The van der Waals surface area contributed by atoms with Crippen molar-refractivity contribution in [2.24, 2.45) is 46.8 Å². The zero-order valence-corrected chi connectivity index (χ0v) is 21.4. The molecule has 4 aliphatic rings. The summed E-state index contributed by atoms with van der Waals surface area (Å²) in [7, 11) is -5.69. The van der Waals surface area contributed by atoms with Crippen LogP contribution in [0.25, 0.3) is 0 Å². The maximum atomic E-state index is 13.6. The molecule has 0 aromatic heterocycles. The van der Waals surface area contributed by atoms with Crippen LogP contribution < -0.4 is 0 Å². The molecule has 8 nitrogen and oxygen atoms in total. The van der Waals surface area contributed by atoms with Gasteiger partial charge in [0.05, 0.1) is 0 Å². The lowest BCUT2D eigenvalue weighted by atomic mass is 9.48. The van der Waals surface area contributed by atoms with Crippen LogP contribution in [0.5, 0.6) is 0 Å². The van der Waals surface area contributed by atoms with Crippen molar-refractivity contribution < 1.29 is 45.7 Å². The molecule has 1 N–H and O–H groups in total. The second-order valence-corrected chi connectivity index (χ2v) is 13.1. The zero-order chi connectivity index (χ0) is 26.6. The van der Waals surface area contributed by atoms with Crippen molar-refractivity contribution in [3.63, 3.8) is 0 Å². The Kier molecular flexibility index (Phi) is 7.22. The average molecular weight is 533 g/mol. The lowest BCUT2D eigenvalue weighted by molar-refractivity contribution is -0.157. The minimum atomic E-state index is -5.69. The van der Waals surface area contributed by atoms with Crippen molar-refractivity contribution in [3.05, 3.63) is 0 Å². The van der Waals surface area contributed by atoms with Gasteiger partial charge in [-0.2, -0.15) is 17.2 Å². The summed E-state index contributed by atoms with van der Waals surface area (Å²) in [6.45, 7) is 2.06. The highest BCUT2D eigenvalue weighted by Gasteiger charge is 2.63. The predicted molar refractivity (Wildman–Crippen MR) is 122 cm³/mol. The Hall–Kier alpha value is -1.75. The fourth-order valence-corrected chi connectivity index (χ4v) is 8.17. The van der Waals surface area contributed by atoms with Gasteiger partial charge in [0.15, 0.2) is 6.61 Å². The van der Waals surface area contributed by atoms with Crippen LogP contribution in [0.1, 0.15) is 71.6 Å². The average Bonchev–Trinajstić information content (AvgIpc) is 3.13. The van der Waals surface area contributed by atoms with E-state index in [9.17, 15) is 36.4 Å². The van der Waals surface area contributed by atoms with Gasteiger partial charge < -0.3 is 4.74 Å². The van der Waals surface area contributed by atoms with Gasteiger partial charge in [0.25, 0.3) is 0 Å². The Morgan fingerprint density at radius 1 is 1.14 bits per heavy atom. The normalized spacial score (nSPS) is 37.6. The van der Waals surface area contributed by atoms with Gasteiger partial charge in [-0.15, -0.1) is 0 Å². The third-order valence-corrected chi connectivity index (χ3v) is 10.6. The van der Waals surface area contributed by atoms with Crippen LogP contribution in [0.15, 0.2) is 0 Å². The van der Waals surface area contributed by atoms with Crippen LogP contribution in [-0.4, -0.2) is 48.2 Å². The van der Waals surface area contributed by atoms with Crippen LogP contribution in [0.4, 0.5) is 8.78 Å². The Morgan fingerprint density at radius 2 is 1.83 bits per heavy atom. The first-order valence-electron chi connectivity index (χ1n) is 12.7. The Balaban J connectivity index is 1.41. The van der Waals surface area contributed by atoms with E-state index < -0.39 is 33.4 Å². The first-order valence-corrected chi connectivity index (χ1v) is 14.2. The van der Waals surface area contributed by atoms with E-state index in [1.807, 2.05) is 13.8 Å². The van der Waals surface area contributed by atoms with Crippen molar-refractivity contribution in [3.8, 4) is 0 Å². The molecule has 11 heteroatoms. The van der Waals surface area contributed by atoms with Crippen molar-refractivity contribution in [1.29, 1.82) is 0 Å². The molecule has 0 heterocycles. The van der Waals surface area contributed by atoms with E-state index in [1.165, 1.54) is 0 Å². The zero-order valence-electron chi connectivity index (χ0n) is 20.6. The minimum absolute atomic E-state index is 0.0107. The predicted octanol–water partition coefficient (Wildman–Crippen LogP) is 3.62. The van der Waals surface area contributed by atoms with E-state index in [0.29, 0.717) is 32.1 Å². The molecule has 1 unspecified atom stereocenters. The number of hydrogen-bond acceptors (Lipinski definition) is 7. The molecular weight excluding hydrogens is 498 g/mol. The van der Waals surface area contributed by atoms with Crippen molar-refractivity contribution in [2.45, 2.75) is 76.9 Å². The lowest BCUT2D eigenvalue weighted by Gasteiger charge is -2.54. The van der Waals surface area contributed by atoms with Gasteiger partial charge in [-0.25, -0.2) is 0 Å². The third kappa shape index (κ3) is 4.66. The summed E-state index contributed by atoms with van der Waals surface area (Å²) in [6, 6.07) is 0. The Labute approximate surface area is 209 Å². The van der Waals surface area contributed by atoms with Crippen LogP contribution in [0.3, 0.4) is 0 Å². The molecule has 8 atom stereocenters. The number of fused-ring (bicyclic) bond motifs is 5. The van der Waals surface area contributed by atoms with Crippen LogP contribution in [-0.2, 0) is 34.0 Å². The molecule has 4 fully saturated rings. The summed E-state index contributed by atoms with van der Waals surface area (Å²) in [5.74, 6) is -0.739. The number of hydrogen-bond donors (Lipinski definition) is 1. The van der Waals surface area contributed by atoms with E-state index in [0.717, 1.165) is 12.8 Å². The Bertz CT molecular complexity index is 1060. The number of esters is 1. The van der Waals surface area contributed by atoms with E-state index in [-0.39, 0.29) is 71.6 Å². The summed E-state index contributed by atoms with van der Waals surface area (Å²) >= 11 is 0. The van der Waals surface area contributed by atoms with Gasteiger partial charge in [0.2, 0.25) is 0 Å². The molecule has 0 amide bonds. The number of rotatable bonds is 7. The first kappa shape index (κ1) is 27.3. The molecule has 4 aliphatic carbocycles. The molecule has 0 spiro atoms. The summed E-state index contributed by atoms with van der Waals surface area (Å²) in [6.07, 6.45) is 3.88. The number of ketones is 3. The molecule has 0 saturated heterocycles. The lowest BCUT2D eigenvalue weighted by Crippen LogP contribution is -2.56. The SMILES string of the molecule is CC(CCC(=O)OCC(F)(F)S(=O)(=O)O)[C@H]1CC[C@H]2[C@@H]3C(=O)C[C@@H]4CC(=O)CC[C@@H]4[C@H]3CC(=O)[C@]12C. The van der Waals surface area contributed by atoms with Gasteiger partial charge in [-0.1, -0.05) is 13.8 Å². The van der Waals surface area contributed by atoms with Gasteiger partial charge in [0.1, 0.15) is 17.3 Å². The fourth-order valence-electron chi connectivity index (χ4n) is 7.96. The summed E-state index contributed by atoms with van der Waals surface area (Å²) in [5, 5.41) is -4.58. The number of ether oxygens (including phenoxy) is 1. The number of alkyl halides is 2. The molecule has 0 aromatic carbocycles. The smallest absolute Gasteiger partial charge is 0.402 e. The maximum Gasteiger partial charge on any atom is 0.402 e. The van der Waals surface area contributed by atoms with Gasteiger partial charge in [0, 0.05) is 43.4 Å². The Morgan fingerprint density at radius 3 is 2.50 bits per heavy atom. The van der Waals surface area contributed by atoms with Gasteiger partial charge >= 0.3 is 21.3 Å². The van der Waals surface area contributed by atoms with Crippen LogP contribution in [0, 0.1) is 46.8 Å². The standard InChI is InChI=1S/C25H34F2O8S/c1-13(3-8-22(31)35-12-25(26,27)36(32,33)34)18-6-7-19-23-17(11-21(30)24(18,19)2)16-5-4-15(28)9-14(16)10-20(23)29/h13-14,16-19,23H,3-12H2,1-2H3,(H,32,33,34)/t13?,14-,16-,17+,18+,19-,23+,24+/m0/s1. The highest BCUT2D eigenvalue weighted by atomic mass is 32.2.